The zero-order valence-corrected chi connectivity index (χ0v) is 11.0. The van der Waals surface area contributed by atoms with Gasteiger partial charge < -0.3 is 10.4 Å². The maximum absolute atomic E-state index is 11.9. The Hall–Kier alpha value is -0.940. The number of amides is 1. The quantitative estimate of drug-likeness (QED) is 0.876. The average Bonchev–Trinajstić information content (AvgIpc) is 2.29. The summed E-state index contributed by atoms with van der Waals surface area (Å²) in [4.78, 5) is 15.9. The molecule has 0 saturated heterocycles. The van der Waals surface area contributed by atoms with Crippen LogP contribution in [0.2, 0.25) is 0 Å². The molecule has 4 nitrogen and oxygen atoms in total. The molecule has 17 heavy (non-hydrogen) atoms. The highest BCUT2D eigenvalue weighted by atomic mass is 79.9. The monoisotopic (exact) mass is 298 g/mol. The first-order chi connectivity index (χ1) is 8.15. The fraction of sp³-hybridized carbons (Fsp3) is 0.500. The molecule has 2 rings (SSSR count). The summed E-state index contributed by atoms with van der Waals surface area (Å²) in [6.45, 7) is 0. The number of rotatable bonds is 2. The maximum atomic E-state index is 11.9. The summed E-state index contributed by atoms with van der Waals surface area (Å²) >= 11 is 3.27. The van der Waals surface area contributed by atoms with Crippen molar-refractivity contribution in [2.24, 2.45) is 0 Å². The van der Waals surface area contributed by atoms with Crippen LogP contribution in [0.5, 0.6) is 0 Å². The van der Waals surface area contributed by atoms with E-state index < -0.39 is 0 Å². The van der Waals surface area contributed by atoms with Crippen molar-refractivity contribution in [3.05, 3.63) is 28.5 Å². The Morgan fingerprint density at radius 2 is 2.29 bits per heavy atom. The van der Waals surface area contributed by atoms with Crippen LogP contribution in [-0.4, -0.2) is 28.1 Å². The number of carbonyl (C=O) groups is 1. The summed E-state index contributed by atoms with van der Waals surface area (Å²) in [6, 6.07) is 3.53. The van der Waals surface area contributed by atoms with E-state index >= 15 is 0 Å². The van der Waals surface area contributed by atoms with Crippen molar-refractivity contribution in [1.82, 2.24) is 10.3 Å². The minimum atomic E-state index is -0.285. The molecular formula is C12H15BrN2O2. The van der Waals surface area contributed by atoms with E-state index in [2.05, 4.69) is 26.2 Å². The molecule has 2 N–H and O–H groups in total. The summed E-state index contributed by atoms with van der Waals surface area (Å²) in [6.07, 6.45) is 4.68. The standard InChI is InChI=1S/C12H15BrN2O2/c13-8-4-5-11(14-7-8)12(17)15-9-2-1-3-10(16)6-9/h4-5,7,9-10,16H,1-3,6H2,(H,15,17). The molecule has 92 valence electrons. The van der Waals surface area contributed by atoms with Crippen LogP contribution in [0.3, 0.4) is 0 Å². The molecule has 1 aromatic rings. The van der Waals surface area contributed by atoms with Crippen molar-refractivity contribution in [3.63, 3.8) is 0 Å². The zero-order chi connectivity index (χ0) is 12.3. The normalized spacial score (nSPS) is 24.4. The summed E-state index contributed by atoms with van der Waals surface area (Å²) in [5, 5.41) is 12.4. The molecule has 2 unspecified atom stereocenters. The van der Waals surface area contributed by atoms with Crippen molar-refractivity contribution in [2.45, 2.75) is 37.8 Å². The number of nitrogens with zero attached hydrogens (tertiary/aromatic N) is 1. The zero-order valence-electron chi connectivity index (χ0n) is 9.40. The third-order valence-electron chi connectivity index (χ3n) is 2.94. The number of hydrogen-bond acceptors (Lipinski definition) is 3. The molecular weight excluding hydrogens is 284 g/mol. The van der Waals surface area contributed by atoms with Gasteiger partial charge in [-0.25, -0.2) is 4.98 Å². The number of nitrogens with one attached hydrogen (secondary N) is 1. The van der Waals surface area contributed by atoms with Crippen molar-refractivity contribution < 1.29 is 9.90 Å². The van der Waals surface area contributed by atoms with Gasteiger partial charge in [0.1, 0.15) is 5.69 Å². The third kappa shape index (κ3) is 3.51. The largest absolute Gasteiger partial charge is 0.393 e. The van der Waals surface area contributed by atoms with E-state index in [1.807, 2.05) is 0 Å². The van der Waals surface area contributed by atoms with Gasteiger partial charge in [-0.3, -0.25) is 4.79 Å². The van der Waals surface area contributed by atoms with Crippen LogP contribution in [0, 0.1) is 0 Å². The molecule has 1 fully saturated rings. The third-order valence-corrected chi connectivity index (χ3v) is 3.41. The maximum Gasteiger partial charge on any atom is 0.270 e. The lowest BCUT2D eigenvalue weighted by atomic mass is 9.93. The Balaban J connectivity index is 1.94. The van der Waals surface area contributed by atoms with Crippen molar-refractivity contribution in [3.8, 4) is 0 Å². The van der Waals surface area contributed by atoms with Gasteiger partial charge in [-0.2, -0.15) is 0 Å². The van der Waals surface area contributed by atoms with Crippen molar-refractivity contribution >= 4 is 21.8 Å². The lowest BCUT2D eigenvalue weighted by Crippen LogP contribution is -2.40. The molecule has 2 atom stereocenters. The fourth-order valence-corrected chi connectivity index (χ4v) is 2.30. The number of pyridine rings is 1. The lowest BCUT2D eigenvalue weighted by molar-refractivity contribution is 0.0845. The first-order valence-corrected chi connectivity index (χ1v) is 6.55. The van der Waals surface area contributed by atoms with E-state index in [1.54, 1.807) is 18.3 Å². The van der Waals surface area contributed by atoms with Gasteiger partial charge in [0, 0.05) is 16.7 Å². The highest BCUT2D eigenvalue weighted by Crippen LogP contribution is 2.18. The van der Waals surface area contributed by atoms with E-state index in [0.717, 1.165) is 23.7 Å². The molecule has 0 radical (unpaired) electrons. The molecule has 5 heteroatoms. The molecule has 0 bridgehead atoms. The predicted octanol–water partition coefficient (Wildman–Crippen LogP) is 1.88. The van der Waals surface area contributed by atoms with Gasteiger partial charge >= 0.3 is 0 Å². The smallest absolute Gasteiger partial charge is 0.270 e. The van der Waals surface area contributed by atoms with Crippen LogP contribution in [0.1, 0.15) is 36.2 Å². The van der Waals surface area contributed by atoms with Crippen molar-refractivity contribution in [1.29, 1.82) is 0 Å². The van der Waals surface area contributed by atoms with E-state index in [0.29, 0.717) is 12.1 Å². The van der Waals surface area contributed by atoms with E-state index in [-0.39, 0.29) is 18.1 Å². The second-order valence-electron chi connectivity index (χ2n) is 4.35. The molecule has 1 saturated carbocycles. The van der Waals surface area contributed by atoms with E-state index in [9.17, 15) is 9.90 Å². The number of aromatic nitrogens is 1. The molecule has 1 aromatic heterocycles. The lowest BCUT2D eigenvalue weighted by Gasteiger charge is -2.26. The minimum Gasteiger partial charge on any atom is -0.393 e. The Kier molecular flexibility index (Phi) is 4.12. The van der Waals surface area contributed by atoms with Crippen LogP contribution < -0.4 is 5.32 Å². The molecule has 0 spiro atoms. The van der Waals surface area contributed by atoms with Gasteiger partial charge in [-0.15, -0.1) is 0 Å². The number of carbonyl (C=O) groups excluding carboxylic acids is 1. The fourth-order valence-electron chi connectivity index (χ4n) is 2.06. The van der Waals surface area contributed by atoms with Gasteiger partial charge in [0.15, 0.2) is 0 Å². The van der Waals surface area contributed by atoms with E-state index in [1.165, 1.54) is 0 Å². The van der Waals surface area contributed by atoms with Crippen LogP contribution in [0.25, 0.3) is 0 Å². The first kappa shape index (κ1) is 12.5. The van der Waals surface area contributed by atoms with Crippen LogP contribution in [0.15, 0.2) is 22.8 Å². The SMILES string of the molecule is O=C(NC1CCCC(O)C1)c1ccc(Br)cn1. The molecule has 1 aliphatic carbocycles. The number of aliphatic hydroxyl groups is 1. The number of hydrogen-bond donors (Lipinski definition) is 2. The van der Waals surface area contributed by atoms with Gasteiger partial charge in [-0.05, 0) is 53.7 Å². The van der Waals surface area contributed by atoms with Crippen LogP contribution >= 0.6 is 15.9 Å². The molecule has 0 aliphatic heterocycles. The summed E-state index contributed by atoms with van der Waals surface area (Å²) in [5.74, 6) is -0.170. The topological polar surface area (TPSA) is 62.2 Å². The second-order valence-corrected chi connectivity index (χ2v) is 5.27. The number of halogens is 1. The second kappa shape index (κ2) is 5.60. The molecule has 1 heterocycles. The van der Waals surface area contributed by atoms with Crippen molar-refractivity contribution in [2.75, 3.05) is 0 Å². The van der Waals surface area contributed by atoms with Gasteiger partial charge in [0.2, 0.25) is 0 Å². The van der Waals surface area contributed by atoms with Crippen LogP contribution in [0.4, 0.5) is 0 Å². The Labute approximate surface area is 109 Å². The van der Waals surface area contributed by atoms with Gasteiger partial charge in [0.05, 0.1) is 6.10 Å². The van der Waals surface area contributed by atoms with Gasteiger partial charge in [-0.1, -0.05) is 0 Å². The first-order valence-electron chi connectivity index (χ1n) is 5.75. The Morgan fingerprint density at radius 3 is 2.94 bits per heavy atom. The summed E-state index contributed by atoms with van der Waals surface area (Å²) in [5.41, 5.74) is 0.410. The molecule has 0 aromatic carbocycles. The van der Waals surface area contributed by atoms with E-state index in [4.69, 9.17) is 0 Å². The summed E-state index contributed by atoms with van der Waals surface area (Å²) < 4.78 is 0.849. The highest BCUT2D eigenvalue weighted by molar-refractivity contribution is 9.10. The average molecular weight is 299 g/mol. The predicted molar refractivity (Wildman–Crippen MR) is 67.7 cm³/mol. The number of aliphatic hydroxyl groups excluding tert-OH is 1. The molecule has 1 aliphatic rings. The highest BCUT2D eigenvalue weighted by Gasteiger charge is 2.22. The Bertz CT molecular complexity index is 394. The van der Waals surface area contributed by atoms with Gasteiger partial charge in [0.25, 0.3) is 5.91 Å². The minimum absolute atomic E-state index is 0.0664. The summed E-state index contributed by atoms with van der Waals surface area (Å²) in [7, 11) is 0. The Morgan fingerprint density at radius 1 is 1.47 bits per heavy atom. The van der Waals surface area contributed by atoms with Crippen LogP contribution in [-0.2, 0) is 0 Å². The molecule has 1 amide bonds.